The van der Waals surface area contributed by atoms with E-state index < -0.39 is 5.60 Å². The summed E-state index contributed by atoms with van der Waals surface area (Å²) < 4.78 is 0. The summed E-state index contributed by atoms with van der Waals surface area (Å²) in [5, 5.41) is 10.6. The molecule has 1 heteroatoms. The molecule has 18 heavy (non-hydrogen) atoms. The van der Waals surface area contributed by atoms with E-state index in [1.54, 1.807) is 0 Å². The molecule has 1 unspecified atom stereocenters. The fourth-order valence-electron chi connectivity index (χ4n) is 2.12. The Balaban J connectivity index is 2.20. The van der Waals surface area contributed by atoms with Crippen molar-refractivity contribution in [3.63, 3.8) is 0 Å². The monoisotopic (exact) mass is 240 g/mol. The molecular weight excluding hydrogens is 220 g/mol. The minimum atomic E-state index is -0.817. The molecule has 1 atom stereocenters. The first-order chi connectivity index (χ1) is 8.47. The van der Waals surface area contributed by atoms with Crippen molar-refractivity contribution in [3.05, 3.63) is 70.8 Å². The van der Waals surface area contributed by atoms with Crippen LogP contribution in [0, 0.1) is 13.8 Å². The highest BCUT2D eigenvalue weighted by atomic mass is 16.3. The summed E-state index contributed by atoms with van der Waals surface area (Å²) >= 11 is 0. The number of rotatable bonds is 3. The van der Waals surface area contributed by atoms with E-state index in [9.17, 15) is 5.11 Å². The Morgan fingerprint density at radius 3 is 1.78 bits per heavy atom. The zero-order chi connectivity index (χ0) is 13.2. The normalized spacial score (nSPS) is 14.2. The molecule has 1 nitrogen and oxygen atoms in total. The lowest BCUT2D eigenvalue weighted by atomic mass is 9.88. The quantitative estimate of drug-likeness (QED) is 0.866. The zero-order valence-corrected chi connectivity index (χ0v) is 11.3. The first-order valence-electron chi connectivity index (χ1n) is 6.32. The van der Waals surface area contributed by atoms with Crippen molar-refractivity contribution >= 4 is 0 Å². The molecule has 0 aliphatic heterocycles. The Kier molecular flexibility index (Phi) is 3.53. The van der Waals surface area contributed by atoms with Crippen molar-refractivity contribution in [3.8, 4) is 0 Å². The van der Waals surface area contributed by atoms with Gasteiger partial charge in [0.2, 0.25) is 0 Å². The maximum absolute atomic E-state index is 10.6. The summed E-state index contributed by atoms with van der Waals surface area (Å²) in [5.41, 5.74) is 3.77. The highest BCUT2D eigenvalue weighted by Gasteiger charge is 2.23. The third kappa shape index (κ3) is 2.99. The molecule has 0 amide bonds. The van der Waals surface area contributed by atoms with Gasteiger partial charge in [-0.3, -0.25) is 0 Å². The largest absolute Gasteiger partial charge is 0.385 e. The summed E-state index contributed by atoms with van der Waals surface area (Å²) in [6, 6.07) is 16.4. The molecule has 0 aliphatic carbocycles. The van der Waals surface area contributed by atoms with Crippen LogP contribution in [0.1, 0.15) is 29.2 Å². The van der Waals surface area contributed by atoms with E-state index in [1.165, 1.54) is 11.1 Å². The zero-order valence-electron chi connectivity index (χ0n) is 11.3. The predicted octanol–water partition coefficient (Wildman–Crippen LogP) is 3.75. The Morgan fingerprint density at radius 2 is 1.28 bits per heavy atom. The van der Waals surface area contributed by atoms with E-state index >= 15 is 0 Å². The topological polar surface area (TPSA) is 20.2 Å². The third-order valence-corrected chi connectivity index (χ3v) is 3.34. The average molecular weight is 240 g/mol. The van der Waals surface area contributed by atoms with Crippen LogP contribution in [0.15, 0.2) is 48.5 Å². The minimum absolute atomic E-state index is 0.635. The van der Waals surface area contributed by atoms with Gasteiger partial charge in [-0.25, -0.2) is 0 Å². The summed E-state index contributed by atoms with van der Waals surface area (Å²) in [6.07, 6.45) is 0.635. The second kappa shape index (κ2) is 4.95. The molecule has 0 spiro atoms. The highest BCUT2D eigenvalue weighted by molar-refractivity contribution is 5.29. The van der Waals surface area contributed by atoms with Crippen LogP contribution in [0.4, 0.5) is 0 Å². The Bertz CT molecular complexity index is 506. The number of hydrogen-bond acceptors (Lipinski definition) is 1. The molecule has 2 rings (SSSR count). The molecule has 0 radical (unpaired) electrons. The van der Waals surface area contributed by atoms with Crippen LogP contribution in [-0.2, 0) is 12.0 Å². The van der Waals surface area contributed by atoms with Gasteiger partial charge in [0.15, 0.2) is 0 Å². The van der Waals surface area contributed by atoms with E-state index in [1.807, 2.05) is 31.2 Å². The Hall–Kier alpha value is -1.60. The third-order valence-electron chi connectivity index (χ3n) is 3.34. The maximum atomic E-state index is 10.6. The lowest BCUT2D eigenvalue weighted by Crippen LogP contribution is -2.24. The van der Waals surface area contributed by atoms with Gasteiger partial charge in [-0.15, -0.1) is 0 Å². The van der Waals surface area contributed by atoms with E-state index in [0.29, 0.717) is 6.42 Å². The van der Waals surface area contributed by atoms with E-state index in [-0.39, 0.29) is 0 Å². The molecular formula is C17H20O. The van der Waals surface area contributed by atoms with Crippen molar-refractivity contribution in [2.45, 2.75) is 32.8 Å². The second-order valence-corrected chi connectivity index (χ2v) is 5.30. The molecule has 2 aromatic carbocycles. The van der Waals surface area contributed by atoms with Crippen molar-refractivity contribution in [1.29, 1.82) is 0 Å². The summed E-state index contributed by atoms with van der Waals surface area (Å²) in [6.45, 7) is 6.00. The van der Waals surface area contributed by atoms with Crippen molar-refractivity contribution < 1.29 is 5.11 Å². The molecule has 1 N–H and O–H groups in total. The standard InChI is InChI=1S/C17H20O/c1-13-4-8-15(9-5-13)12-17(3,18)16-10-6-14(2)7-11-16/h4-11,18H,12H2,1-3H3. The Morgan fingerprint density at radius 1 is 0.833 bits per heavy atom. The number of benzene rings is 2. The smallest absolute Gasteiger partial charge is 0.0908 e. The summed E-state index contributed by atoms with van der Waals surface area (Å²) in [4.78, 5) is 0. The van der Waals surface area contributed by atoms with Gasteiger partial charge in [-0.1, -0.05) is 59.7 Å². The van der Waals surface area contributed by atoms with Crippen LogP contribution in [0.3, 0.4) is 0 Å². The average Bonchev–Trinajstić information content (AvgIpc) is 2.32. The molecule has 2 aromatic rings. The van der Waals surface area contributed by atoms with E-state index in [0.717, 1.165) is 11.1 Å². The molecule has 0 bridgehead atoms. The van der Waals surface area contributed by atoms with Gasteiger partial charge in [0.1, 0.15) is 0 Å². The summed E-state index contributed by atoms with van der Waals surface area (Å²) in [5.74, 6) is 0. The molecule has 0 saturated heterocycles. The fourth-order valence-corrected chi connectivity index (χ4v) is 2.12. The van der Waals surface area contributed by atoms with Gasteiger partial charge in [-0.2, -0.15) is 0 Å². The van der Waals surface area contributed by atoms with Crippen molar-refractivity contribution in [1.82, 2.24) is 0 Å². The van der Waals surface area contributed by atoms with Crippen LogP contribution >= 0.6 is 0 Å². The van der Waals surface area contributed by atoms with Gasteiger partial charge < -0.3 is 5.11 Å². The molecule has 94 valence electrons. The first-order valence-corrected chi connectivity index (χ1v) is 6.32. The van der Waals surface area contributed by atoms with Gasteiger partial charge in [0, 0.05) is 6.42 Å². The van der Waals surface area contributed by atoms with Crippen LogP contribution < -0.4 is 0 Å². The second-order valence-electron chi connectivity index (χ2n) is 5.30. The number of aryl methyl sites for hydroxylation is 2. The Labute approximate surface area is 109 Å². The molecule has 0 aliphatic rings. The number of aliphatic hydroxyl groups is 1. The minimum Gasteiger partial charge on any atom is -0.385 e. The van der Waals surface area contributed by atoms with Crippen LogP contribution in [0.5, 0.6) is 0 Å². The highest BCUT2D eigenvalue weighted by Crippen LogP contribution is 2.25. The summed E-state index contributed by atoms with van der Waals surface area (Å²) in [7, 11) is 0. The van der Waals surface area contributed by atoms with Gasteiger partial charge in [0.25, 0.3) is 0 Å². The fraction of sp³-hybridized carbons (Fsp3) is 0.294. The predicted molar refractivity (Wildman–Crippen MR) is 75.6 cm³/mol. The molecule has 0 fully saturated rings. The molecule has 0 heterocycles. The number of hydrogen-bond donors (Lipinski definition) is 1. The van der Waals surface area contributed by atoms with Crippen molar-refractivity contribution in [2.75, 3.05) is 0 Å². The van der Waals surface area contributed by atoms with Crippen molar-refractivity contribution in [2.24, 2.45) is 0 Å². The van der Waals surface area contributed by atoms with E-state index in [2.05, 4.69) is 38.1 Å². The van der Waals surface area contributed by atoms with E-state index in [4.69, 9.17) is 0 Å². The lowest BCUT2D eigenvalue weighted by Gasteiger charge is -2.24. The lowest BCUT2D eigenvalue weighted by molar-refractivity contribution is 0.0576. The van der Waals surface area contributed by atoms with Gasteiger partial charge >= 0.3 is 0 Å². The maximum Gasteiger partial charge on any atom is 0.0908 e. The molecule has 0 aromatic heterocycles. The first kappa shape index (κ1) is 12.8. The van der Waals surface area contributed by atoms with Crippen LogP contribution in [0.25, 0.3) is 0 Å². The van der Waals surface area contributed by atoms with Gasteiger partial charge in [0.05, 0.1) is 5.60 Å². The van der Waals surface area contributed by atoms with Crippen LogP contribution in [-0.4, -0.2) is 5.11 Å². The SMILES string of the molecule is Cc1ccc(CC(C)(O)c2ccc(C)cc2)cc1. The molecule has 0 saturated carbocycles. The van der Waals surface area contributed by atoms with Gasteiger partial charge in [-0.05, 0) is 31.9 Å². The van der Waals surface area contributed by atoms with Crippen LogP contribution in [0.2, 0.25) is 0 Å².